The summed E-state index contributed by atoms with van der Waals surface area (Å²) in [5, 5.41) is 0. The van der Waals surface area contributed by atoms with Crippen molar-refractivity contribution < 1.29 is 4.74 Å². The zero-order valence-electron chi connectivity index (χ0n) is 11.0. The maximum Gasteiger partial charge on any atom is 0.120 e. The van der Waals surface area contributed by atoms with Crippen LogP contribution in [0.2, 0.25) is 0 Å². The van der Waals surface area contributed by atoms with Crippen molar-refractivity contribution in [3.8, 4) is 29.4 Å². The smallest absolute Gasteiger partial charge is 0.120 e. The Kier molecular flexibility index (Phi) is 6.95. The first-order valence-corrected chi connectivity index (χ1v) is 6.16. The molecule has 0 fully saturated rings. The molecule has 1 heteroatoms. The second kappa shape index (κ2) is 8.97. The molecule has 1 aromatic rings. The van der Waals surface area contributed by atoms with Gasteiger partial charge in [-0.2, -0.15) is 0 Å². The summed E-state index contributed by atoms with van der Waals surface area (Å²) in [6.07, 6.45) is 6.88. The highest BCUT2D eigenvalue weighted by molar-refractivity contribution is 5.42. The Morgan fingerprint density at radius 3 is 2.83 bits per heavy atom. The number of unbranched alkanes of at least 4 members (excludes halogenated alkanes) is 2. The van der Waals surface area contributed by atoms with Crippen LogP contribution in [0.1, 0.15) is 31.7 Å². The van der Waals surface area contributed by atoms with Gasteiger partial charge in [0.2, 0.25) is 0 Å². The molecular weight excluding hydrogens is 220 g/mol. The van der Waals surface area contributed by atoms with Crippen molar-refractivity contribution in [3.63, 3.8) is 0 Å². The van der Waals surface area contributed by atoms with Crippen molar-refractivity contribution in [2.24, 2.45) is 0 Å². The Bertz CT molecular complexity index is 504. The lowest BCUT2D eigenvalue weighted by molar-refractivity contribution is 0.414. The first kappa shape index (κ1) is 13.9. The van der Waals surface area contributed by atoms with E-state index >= 15 is 0 Å². The van der Waals surface area contributed by atoms with E-state index in [1.807, 2.05) is 24.3 Å². The Hall–Kier alpha value is -2.12. The molecule has 0 aliphatic carbocycles. The Morgan fingerprint density at radius 1 is 1.22 bits per heavy atom. The molecule has 0 bridgehead atoms. The number of ether oxygens (including phenoxy) is 1. The summed E-state index contributed by atoms with van der Waals surface area (Å²) in [7, 11) is 1.65. The third-order valence-electron chi connectivity index (χ3n) is 2.29. The van der Waals surface area contributed by atoms with Gasteiger partial charge in [0.05, 0.1) is 7.11 Å². The van der Waals surface area contributed by atoms with Gasteiger partial charge in [0.15, 0.2) is 0 Å². The minimum atomic E-state index is 0.824. The van der Waals surface area contributed by atoms with Crippen molar-refractivity contribution in [2.45, 2.75) is 26.2 Å². The Balaban J connectivity index is 2.49. The van der Waals surface area contributed by atoms with Gasteiger partial charge in [0.1, 0.15) is 5.75 Å². The molecule has 0 aliphatic rings. The predicted molar refractivity (Wildman–Crippen MR) is 76.3 cm³/mol. The molecule has 0 saturated carbocycles. The van der Waals surface area contributed by atoms with Crippen LogP contribution in [0.25, 0.3) is 0 Å². The van der Waals surface area contributed by atoms with Gasteiger partial charge in [-0.1, -0.05) is 43.1 Å². The van der Waals surface area contributed by atoms with Gasteiger partial charge in [-0.3, -0.25) is 0 Å². The summed E-state index contributed by atoms with van der Waals surface area (Å²) < 4.78 is 5.13. The lowest BCUT2D eigenvalue weighted by Crippen LogP contribution is -1.82. The van der Waals surface area contributed by atoms with Crippen LogP contribution in [-0.2, 0) is 0 Å². The van der Waals surface area contributed by atoms with Crippen LogP contribution < -0.4 is 4.74 Å². The molecule has 0 atom stereocenters. The molecule has 1 aromatic carbocycles. The van der Waals surface area contributed by atoms with E-state index in [1.54, 1.807) is 19.3 Å². The highest BCUT2D eigenvalue weighted by Gasteiger charge is 1.89. The van der Waals surface area contributed by atoms with E-state index in [9.17, 15) is 0 Å². The standard InChI is InChI=1S/C17H18O/c1-3-4-5-6-7-8-9-10-12-16-13-11-14-17(15-16)18-2/h8-9,11,13-15H,3-5H2,1-2H3. The summed E-state index contributed by atoms with van der Waals surface area (Å²) in [6.45, 7) is 2.16. The number of allylic oxidation sites excluding steroid dienone is 2. The van der Waals surface area contributed by atoms with Crippen LogP contribution in [0.5, 0.6) is 5.75 Å². The van der Waals surface area contributed by atoms with Crippen LogP contribution in [0.15, 0.2) is 36.4 Å². The van der Waals surface area contributed by atoms with Crippen molar-refractivity contribution in [2.75, 3.05) is 7.11 Å². The summed E-state index contributed by atoms with van der Waals surface area (Å²) >= 11 is 0. The third-order valence-corrected chi connectivity index (χ3v) is 2.29. The monoisotopic (exact) mass is 238 g/mol. The first-order valence-electron chi connectivity index (χ1n) is 6.16. The average molecular weight is 238 g/mol. The minimum Gasteiger partial charge on any atom is -0.497 e. The van der Waals surface area contributed by atoms with Gasteiger partial charge in [-0.15, -0.1) is 0 Å². The minimum absolute atomic E-state index is 0.824. The second-order valence-electron chi connectivity index (χ2n) is 3.76. The largest absolute Gasteiger partial charge is 0.497 e. The van der Waals surface area contributed by atoms with E-state index in [4.69, 9.17) is 4.74 Å². The second-order valence-corrected chi connectivity index (χ2v) is 3.76. The van der Waals surface area contributed by atoms with Gasteiger partial charge >= 0.3 is 0 Å². The fourth-order valence-corrected chi connectivity index (χ4v) is 1.31. The summed E-state index contributed by atoms with van der Waals surface area (Å²) in [4.78, 5) is 0. The lowest BCUT2D eigenvalue weighted by atomic mass is 10.2. The van der Waals surface area contributed by atoms with Gasteiger partial charge in [0, 0.05) is 12.0 Å². The lowest BCUT2D eigenvalue weighted by Gasteiger charge is -1.97. The third kappa shape index (κ3) is 5.83. The Morgan fingerprint density at radius 2 is 2.06 bits per heavy atom. The van der Waals surface area contributed by atoms with Crippen LogP contribution in [-0.4, -0.2) is 7.11 Å². The molecule has 92 valence electrons. The molecule has 0 unspecified atom stereocenters. The summed E-state index contributed by atoms with van der Waals surface area (Å²) in [5.41, 5.74) is 0.943. The first-order chi connectivity index (χ1) is 8.86. The van der Waals surface area contributed by atoms with Crippen molar-refractivity contribution in [1.29, 1.82) is 0 Å². The molecule has 1 rings (SSSR count). The van der Waals surface area contributed by atoms with Crippen LogP contribution >= 0.6 is 0 Å². The zero-order valence-corrected chi connectivity index (χ0v) is 11.0. The van der Waals surface area contributed by atoms with E-state index in [2.05, 4.69) is 30.6 Å². The fraction of sp³-hybridized carbons (Fsp3) is 0.294. The molecule has 0 aromatic heterocycles. The molecule has 0 radical (unpaired) electrons. The molecule has 0 spiro atoms. The van der Waals surface area contributed by atoms with Gasteiger partial charge in [-0.05, 0) is 36.8 Å². The van der Waals surface area contributed by atoms with Gasteiger partial charge in [-0.25, -0.2) is 0 Å². The number of methoxy groups -OCH3 is 1. The predicted octanol–water partition coefficient (Wildman–Crippen LogP) is 3.80. The molecule has 0 amide bonds. The highest BCUT2D eigenvalue weighted by Crippen LogP contribution is 2.11. The van der Waals surface area contributed by atoms with Crippen LogP contribution in [0.4, 0.5) is 0 Å². The molecule has 0 N–H and O–H groups in total. The van der Waals surface area contributed by atoms with Gasteiger partial charge in [0.25, 0.3) is 0 Å². The number of hydrogen-bond acceptors (Lipinski definition) is 1. The normalized spacial score (nSPS) is 9.22. The van der Waals surface area contributed by atoms with Crippen LogP contribution in [0, 0.1) is 23.7 Å². The van der Waals surface area contributed by atoms with Crippen molar-refractivity contribution >= 4 is 0 Å². The van der Waals surface area contributed by atoms with Gasteiger partial charge < -0.3 is 4.74 Å². The molecule has 1 nitrogen and oxygen atoms in total. The molecule has 0 aliphatic heterocycles. The zero-order chi connectivity index (χ0) is 13.1. The van der Waals surface area contributed by atoms with Crippen molar-refractivity contribution in [1.82, 2.24) is 0 Å². The van der Waals surface area contributed by atoms with Crippen molar-refractivity contribution in [3.05, 3.63) is 42.0 Å². The highest BCUT2D eigenvalue weighted by atomic mass is 16.5. The molecular formula is C17H18O. The molecule has 18 heavy (non-hydrogen) atoms. The van der Waals surface area contributed by atoms with Crippen LogP contribution in [0.3, 0.4) is 0 Å². The number of hydrogen-bond donors (Lipinski definition) is 0. The topological polar surface area (TPSA) is 9.23 Å². The van der Waals surface area contributed by atoms with E-state index in [0.29, 0.717) is 0 Å². The van der Waals surface area contributed by atoms with E-state index in [1.165, 1.54) is 6.42 Å². The average Bonchev–Trinajstić information content (AvgIpc) is 2.42. The maximum atomic E-state index is 5.13. The molecule has 0 heterocycles. The Labute approximate surface area is 110 Å². The summed E-state index contributed by atoms with van der Waals surface area (Å²) in [6, 6.07) is 7.70. The summed E-state index contributed by atoms with van der Waals surface area (Å²) in [5.74, 6) is 12.9. The number of rotatable bonds is 3. The number of benzene rings is 1. The fourth-order valence-electron chi connectivity index (χ4n) is 1.31. The molecule has 0 saturated heterocycles. The SMILES string of the molecule is CCCCC#CC=CC#Cc1cccc(OC)c1. The maximum absolute atomic E-state index is 5.13. The quantitative estimate of drug-likeness (QED) is 0.575. The van der Waals surface area contributed by atoms with E-state index in [-0.39, 0.29) is 0 Å². The van der Waals surface area contributed by atoms with E-state index in [0.717, 1.165) is 24.2 Å². The van der Waals surface area contributed by atoms with E-state index < -0.39 is 0 Å².